The standard InChI is InChI=1S/C17H20ClN3O4S/c1-12-9-15(16(25-2)10-14(12)18)21(26(3,23)24)8-7-20-17(22)13-5-4-6-19-11-13/h4-6,9-11H,7-8H2,1-3H3,(H,20,22). The highest BCUT2D eigenvalue weighted by Crippen LogP contribution is 2.34. The van der Waals surface area contributed by atoms with Gasteiger partial charge in [-0.1, -0.05) is 11.6 Å². The maximum Gasteiger partial charge on any atom is 0.252 e. The zero-order chi connectivity index (χ0) is 19.3. The van der Waals surface area contributed by atoms with E-state index in [0.717, 1.165) is 11.8 Å². The zero-order valence-corrected chi connectivity index (χ0v) is 16.3. The smallest absolute Gasteiger partial charge is 0.252 e. The molecule has 2 rings (SSSR count). The van der Waals surface area contributed by atoms with E-state index >= 15 is 0 Å². The Labute approximate surface area is 158 Å². The van der Waals surface area contributed by atoms with Gasteiger partial charge >= 0.3 is 0 Å². The van der Waals surface area contributed by atoms with Gasteiger partial charge in [-0.05, 0) is 30.7 Å². The molecular formula is C17H20ClN3O4S. The van der Waals surface area contributed by atoms with E-state index in [2.05, 4.69) is 10.3 Å². The molecule has 0 aliphatic heterocycles. The molecule has 0 saturated heterocycles. The molecule has 0 radical (unpaired) electrons. The van der Waals surface area contributed by atoms with Crippen LogP contribution in [0.4, 0.5) is 5.69 Å². The predicted octanol–water partition coefficient (Wildman–Crippen LogP) is 2.25. The Kier molecular flexibility index (Phi) is 6.44. The Morgan fingerprint density at radius 1 is 1.38 bits per heavy atom. The third-order valence-corrected chi connectivity index (χ3v) is 5.24. The number of amides is 1. The predicted molar refractivity (Wildman–Crippen MR) is 102 cm³/mol. The van der Waals surface area contributed by atoms with Gasteiger partial charge in [-0.25, -0.2) is 8.42 Å². The lowest BCUT2D eigenvalue weighted by molar-refractivity contribution is 0.0954. The minimum absolute atomic E-state index is 0.0439. The van der Waals surface area contributed by atoms with Crippen molar-refractivity contribution in [2.75, 3.05) is 30.8 Å². The highest BCUT2D eigenvalue weighted by atomic mass is 35.5. The quantitative estimate of drug-likeness (QED) is 0.774. The molecule has 0 fully saturated rings. The lowest BCUT2D eigenvalue weighted by Crippen LogP contribution is -2.38. The molecule has 1 amide bonds. The van der Waals surface area contributed by atoms with Crippen molar-refractivity contribution in [2.45, 2.75) is 6.92 Å². The molecule has 1 N–H and O–H groups in total. The van der Waals surface area contributed by atoms with Crippen molar-refractivity contribution in [3.8, 4) is 5.75 Å². The van der Waals surface area contributed by atoms with Gasteiger partial charge in [0.05, 0.1) is 31.2 Å². The van der Waals surface area contributed by atoms with Gasteiger partial charge in [0.25, 0.3) is 5.91 Å². The monoisotopic (exact) mass is 397 g/mol. The van der Waals surface area contributed by atoms with Gasteiger partial charge in [0.15, 0.2) is 0 Å². The molecule has 0 atom stereocenters. The van der Waals surface area contributed by atoms with Gasteiger partial charge in [0.1, 0.15) is 5.75 Å². The molecule has 1 heterocycles. The summed E-state index contributed by atoms with van der Waals surface area (Å²) < 4.78 is 31.0. The van der Waals surface area contributed by atoms with Gasteiger partial charge in [-0.15, -0.1) is 0 Å². The SMILES string of the molecule is COc1cc(Cl)c(C)cc1N(CCNC(=O)c1cccnc1)S(C)(=O)=O. The van der Waals surface area contributed by atoms with Gasteiger partial charge in [-0.3, -0.25) is 14.1 Å². The van der Waals surface area contributed by atoms with Crippen LogP contribution < -0.4 is 14.4 Å². The molecule has 26 heavy (non-hydrogen) atoms. The van der Waals surface area contributed by atoms with Crippen LogP contribution in [-0.4, -0.2) is 45.8 Å². The van der Waals surface area contributed by atoms with Crippen LogP contribution in [-0.2, 0) is 10.0 Å². The fourth-order valence-corrected chi connectivity index (χ4v) is 3.42. The number of methoxy groups -OCH3 is 1. The first-order valence-electron chi connectivity index (χ1n) is 7.74. The topological polar surface area (TPSA) is 88.6 Å². The summed E-state index contributed by atoms with van der Waals surface area (Å²) in [5.41, 5.74) is 1.49. The maximum atomic E-state index is 12.3. The van der Waals surface area contributed by atoms with Crippen molar-refractivity contribution in [1.82, 2.24) is 10.3 Å². The molecule has 0 spiro atoms. The lowest BCUT2D eigenvalue weighted by atomic mass is 10.2. The highest BCUT2D eigenvalue weighted by Gasteiger charge is 2.22. The third kappa shape index (κ3) is 4.86. The molecular weight excluding hydrogens is 378 g/mol. The Morgan fingerprint density at radius 2 is 2.12 bits per heavy atom. The van der Waals surface area contributed by atoms with Crippen LogP contribution in [0.15, 0.2) is 36.7 Å². The molecule has 2 aromatic rings. The molecule has 140 valence electrons. The van der Waals surface area contributed by atoms with E-state index in [9.17, 15) is 13.2 Å². The van der Waals surface area contributed by atoms with Crippen LogP contribution >= 0.6 is 11.6 Å². The van der Waals surface area contributed by atoms with Crippen LogP contribution in [0.3, 0.4) is 0 Å². The largest absolute Gasteiger partial charge is 0.494 e. The van der Waals surface area contributed by atoms with E-state index in [4.69, 9.17) is 16.3 Å². The molecule has 0 unspecified atom stereocenters. The average Bonchev–Trinajstić information content (AvgIpc) is 2.60. The fraction of sp³-hybridized carbons (Fsp3) is 0.294. The first-order chi connectivity index (χ1) is 12.2. The second kappa shape index (κ2) is 8.37. The summed E-state index contributed by atoms with van der Waals surface area (Å²) in [6.45, 7) is 1.93. The number of aromatic nitrogens is 1. The van der Waals surface area contributed by atoms with E-state index < -0.39 is 10.0 Å². The molecule has 0 aliphatic carbocycles. The van der Waals surface area contributed by atoms with Gasteiger partial charge < -0.3 is 10.1 Å². The normalized spacial score (nSPS) is 11.1. The van der Waals surface area contributed by atoms with Crippen molar-refractivity contribution < 1.29 is 17.9 Å². The van der Waals surface area contributed by atoms with Gasteiger partial charge in [-0.2, -0.15) is 0 Å². The number of nitrogens with zero attached hydrogens (tertiary/aromatic N) is 2. The van der Waals surface area contributed by atoms with Crippen LogP contribution in [0, 0.1) is 6.92 Å². The molecule has 0 aliphatic rings. The van der Waals surface area contributed by atoms with E-state index in [1.165, 1.54) is 17.6 Å². The number of carbonyl (C=O) groups is 1. The summed E-state index contributed by atoms with van der Waals surface area (Å²) in [6.07, 6.45) is 4.10. The molecule has 1 aromatic heterocycles. The second-order valence-corrected chi connectivity index (χ2v) is 7.92. The summed E-state index contributed by atoms with van der Waals surface area (Å²) in [5.74, 6) is 0.00964. The molecule has 7 nitrogen and oxygen atoms in total. The van der Waals surface area contributed by atoms with Crippen LogP contribution in [0.5, 0.6) is 5.75 Å². The number of ether oxygens (including phenoxy) is 1. The number of nitrogens with one attached hydrogen (secondary N) is 1. The van der Waals surface area contributed by atoms with Crippen molar-refractivity contribution in [3.05, 3.63) is 52.8 Å². The summed E-state index contributed by atoms with van der Waals surface area (Å²) in [7, 11) is -2.16. The van der Waals surface area contributed by atoms with Crippen LogP contribution in [0.2, 0.25) is 5.02 Å². The Morgan fingerprint density at radius 3 is 2.69 bits per heavy atom. The van der Waals surface area contributed by atoms with Crippen LogP contribution in [0.1, 0.15) is 15.9 Å². The molecule has 1 aromatic carbocycles. The first-order valence-corrected chi connectivity index (χ1v) is 9.96. The van der Waals surface area contributed by atoms with Gasteiger partial charge in [0, 0.05) is 30.0 Å². The molecule has 0 bridgehead atoms. The fourth-order valence-electron chi connectivity index (χ4n) is 2.34. The number of halogens is 1. The van der Waals surface area contributed by atoms with Crippen molar-refractivity contribution in [1.29, 1.82) is 0 Å². The highest BCUT2D eigenvalue weighted by molar-refractivity contribution is 7.92. The Balaban J connectivity index is 2.20. The summed E-state index contributed by atoms with van der Waals surface area (Å²) in [4.78, 5) is 16.0. The summed E-state index contributed by atoms with van der Waals surface area (Å²) in [6, 6.07) is 6.49. The number of carbonyl (C=O) groups excluding carboxylic acids is 1. The van der Waals surface area contributed by atoms with Crippen molar-refractivity contribution >= 4 is 33.2 Å². The van der Waals surface area contributed by atoms with Gasteiger partial charge in [0.2, 0.25) is 10.0 Å². The van der Waals surface area contributed by atoms with Crippen molar-refractivity contribution in [2.24, 2.45) is 0 Å². The van der Waals surface area contributed by atoms with E-state index in [0.29, 0.717) is 22.0 Å². The zero-order valence-electron chi connectivity index (χ0n) is 14.7. The number of rotatable bonds is 7. The Hall–Kier alpha value is -2.32. The number of hydrogen-bond donors (Lipinski definition) is 1. The van der Waals surface area contributed by atoms with Crippen molar-refractivity contribution in [3.63, 3.8) is 0 Å². The number of hydrogen-bond acceptors (Lipinski definition) is 5. The van der Waals surface area contributed by atoms with E-state index in [-0.39, 0.29) is 19.0 Å². The minimum atomic E-state index is -3.60. The number of aryl methyl sites for hydroxylation is 1. The molecule has 9 heteroatoms. The van der Waals surface area contributed by atoms with Crippen LogP contribution in [0.25, 0.3) is 0 Å². The number of anilines is 1. The lowest BCUT2D eigenvalue weighted by Gasteiger charge is -2.25. The first kappa shape index (κ1) is 20.0. The number of benzene rings is 1. The maximum absolute atomic E-state index is 12.3. The van der Waals surface area contributed by atoms with E-state index in [1.54, 1.807) is 37.4 Å². The third-order valence-electron chi connectivity index (χ3n) is 3.65. The average molecular weight is 398 g/mol. The Bertz CT molecular complexity index is 888. The van der Waals surface area contributed by atoms with E-state index in [1.807, 2.05) is 0 Å². The number of sulfonamides is 1. The summed E-state index contributed by atoms with van der Waals surface area (Å²) >= 11 is 6.09. The second-order valence-electron chi connectivity index (χ2n) is 5.61. The minimum Gasteiger partial charge on any atom is -0.494 e. The number of pyridine rings is 1. The molecule has 0 saturated carbocycles. The summed E-state index contributed by atoms with van der Waals surface area (Å²) in [5, 5.41) is 3.16.